The first-order chi connectivity index (χ1) is 15.0. The summed E-state index contributed by atoms with van der Waals surface area (Å²) >= 11 is 6.47. The van der Waals surface area contributed by atoms with Crippen molar-refractivity contribution in [1.29, 1.82) is 0 Å². The summed E-state index contributed by atoms with van der Waals surface area (Å²) in [5.74, 6) is -1.49. The van der Waals surface area contributed by atoms with Crippen molar-refractivity contribution >= 4 is 29.1 Å². The number of aryl methyl sites for hydroxylation is 1. The second-order valence-corrected chi connectivity index (χ2v) is 8.24. The molecular weight excluding hydrogens is 416 g/mol. The minimum absolute atomic E-state index is 0.0731. The lowest BCUT2D eigenvalue weighted by atomic mass is 9.95. The van der Waals surface area contributed by atoms with Gasteiger partial charge in [0.05, 0.1) is 24.8 Å². The lowest BCUT2D eigenvalue weighted by Crippen LogP contribution is -2.42. The van der Waals surface area contributed by atoms with Crippen LogP contribution in [0.1, 0.15) is 22.7 Å². The Kier molecular flexibility index (Phi) is 6.41. The number of ketones is 1. The van der Waals surface area contributed by atoms with Crippen LogP contribution in [0.25, 0.3) is 5.76 Å². The van der Waals surface area contributed by atoms with Crippen LogP contribution < -0.4 is 0 Å². The summed E-state index contributed by atoms with van der Waals surface area (Å²) in [6.45, 7) is 5.78. The van der Waals surface area contributed by atoms with Crippen LogP contribution in [-0.4, -0.2) is 66.0 Å². The molecule has 0 aliphatic carbocycles. The van der Waals surface area contributed by atoms with Crippen LogP contribution in [0.2, 0.25) is 5.02 Å². The summed E-state index contributed by atoms with van der Waals surface area (Å²) in [7, 11) is 0. The molecule has 31 heavy (non-hydrogen) atoms. The number of hydrogen-bond donors (Lipinski definition) is 1. The van der Waals surface area contributed by atoms with E-state index in [-0.39, 0.29) is 11.3 Å². The van der Waals surface area contributed by atoms with Gasteiger partial charge in [0.1, 0.15) is 5.76 Å². The zero-order valence-electron chi connectivity index (χ0n) is 17.4. The Balaban J connectivity index is 1.75. The minimum atomic E-state index is -0.740. The minimum Gasteiger partial charge on any atom is -0.507 e. The van der Waals surface area contributed by atoms with E-state index in [2.05, 4.69) is 4.90 Å². The van der Waals surface area contributed by atoms with Gasteiger partial charge in [-0.2, -0.15) is 0 Å². The molecule has 0 aromatic heterocycles. The highest BCUT2D eigenvalue weighted by Gasteiger charge is 2.46. The summed E-state index contributed by atoms with van der Waals surface area (Å²) < 4.78 is 5.39. The van der Waals surface area contributed by atoms with Gasteiger partial charge in [-0.05, 0) is 18.6 Å². The van der Waals surface area contributed by atoms with Crippen molar-refractivity contribution in [3.8, 4) is 0 Å². The van der Waals surface area contributed by atoms with E-state index in [4.69, 9.17) is 16.3 Å². The van der Waals surface area contributed by atoms with Crippen LogP contribution in [0.15, 0.2) is 54.1 Å². The van der Waals surface area contributed by atoms with Crippen LogP contribution >= 0.6 is 11.6 Å². The molecule has 0 saturated carbocycles. The summed E-state index contributed by atoms with van der Waals surface area (Å²) in [6.07, 6.45) is 0. The number of benzene rings is 2. The van der Waals surface area contributed by atoms with Gasteiger partial charge in [0, 0.05) is 36.8 Å². The highest BCUT2D eigenvalue weighted by molar-refractivity contribution is 6.47. The number of hydrogen-bond acceptors (Lipinski definition) is 5. The first-order valence-electron chi connectivity index (χ1n) is 10.4. The van der Waals surface area contributed by atoms with Gasteiger partial charge in [0.15, 0.2) is 0 Å². The van der Waals surface area contributed by atoms with Crippen molar-refractivity contribution < 1.29 is 19.4 Å². The third-order valence-corrected chi connectivity index (χ3v) is 6.17. The Hall–Kier alpha value is -2.67. The molecule has 2 aliphatic heterocycles. The molecule has 2 aromatic rings. The molecule has 0 bridgehead atoms. The summed E-state index contributed by atoms with van der Waals surface area (Å²) in [5, 5.41) is 11.5. The number of Topliss-reactive ketones (excluding diaryl/α,β-unsaturated/α-hetero) is 1. The molecule has 2 heterocycles. The van der Waals surface area contributed by atoms with Gasteiger partial charge in [-0.25, -0.2) is 0 Å². The number of carbonyl (C=O) groups is 2. The Bertz CT molecular complexity index is 1010. The van der Waals surface area contributed by atoms with Crippen molar-refractivity contribution in [3.05, 3.63) is 75.8 Å². The van der Waals surface area contributed by atoms with Gasteiger partial charge in [-0.3, -0.25) is 14.5 Å². The Morgan fingerprint density at radius 1 is 1.06 bits per heavy atom. The van der Waals surface area contributed by atoms with Gasteiger partial charge in [-0.15, -0.1) is 0 Å². The van der Waals surface area contributed by atoms with Gasteiger partial charge in [-0.1, -0.05) is 59.6 Å². The van der Waals surface area contributed by atoms with Gasteiger partial charge < -0.3 is 14.7 Å². The fourth-order valence-electron chi connectivity index (χ4n) is 4.07. The molecule has 1 amide bonds. The van der Waals surface area contributed by atoms with Crippen LogP contribution in [0, 0.1) is 6.92 Å². The second-order valence-electron chi connectivity index (χ2n) is 7.83. The number of likely N-dealkylation sites (tertiary alicyclic amines) is 1. The van der Waals surface area contributed by atoms with Crippen LogP contribution in [0.3, 0.4) is 0 Å². The number of amides is 1. The summed E-state index contributed by atoms with van der Waals surface area (Å²) in [6, 6.07) is 13.6. The molecule has 6 nitrogen and oxygen atoms in total. The highest BCUT2D eigenvalue weighted by atomic mass is 35.5. The first-order valence-corrected chi connectivity index (χ1v) is 10.7. The van der Waals surface area contributed by atoms with Crippen molar-refractivity contribution in [2.75, 3.05) is 39.4 Å². The fraction of sp³-hybridized carbons (Fsp3) is 0.333. The van der Waals surface area contributed by atoms with E-state index in [1.807, 2.05) is 25.1 Å². The SMILES string of the molecule is Cc1ccc(/C(O)=C2\C(=O)C(=O)N(CCN3CCOCC3)[C@@H]2c2ccccc2Cl)cc1. The molecule has 162 valence electrons. The second kappa shape index (κ2) is 9.22. The Labute approximate surface area is 186 Å². The molecule has 1 atom stereocenters. The molecule has 2 saturated heterocycles. The number of morpholine rings is 1. The van der Waals surface area contributed by atoms with Crippen molar-refractivity contribution in [2.24, 2.45) is 0 Å². The largest absolute Gasteiger partial charge is 0.507 e. The van der Waals surface area contributed by atoms with E-state index < -0.39 is 17.7 Å². The van der Waals surface area contributed by atoms with Crippen LogP contribution in [-0.2, 0) is 14.3 Å². The topological polar surface area (TPSA) is 70.1 Å². The lowest BCUT2D eigenvalue weighted by Gasteiger charge is -2.31. The van der Waals surface area contributed by atoms with Gasteiger partial charge >= 0.3 is 0 Å². The molecule has 0 unspecified atom stereocenters. The molecule has 7 heteroatoms. The number of ether oxygens (including phenoxy) is 1. The number of nitrogens with zero attached hydrogens (tertiary/aromatic N) is 2. The third-order valence-electron chi connectivity index (χ3n) is 5.83. The average Bonchev–Trinajstić information content (AvgIpc) is 3.03. The predicted octanol–water partition coefficient (Wildman–Crippen LogP) is 3.40. The van der Waals surface area contributed by atoms with E-state index in [1.54, 1.807) is 30.3 Å². The number of aliphatic hydroxyl groups is 1. The molecule has 4 rings (SSSR count). The highest BCUT2D eigenvalue weighted by Crippen LogP contribution is 2.41. The van der Waals surface area contributed by atoms with E-state index in [9.17, 15) is 14.7 Å². The maximum Gasteiger partial charge on any atom is 0.295 e. The maximum absolute atomic E-state index is 13.1. The number of aliphatic hydroxyl groups excluding tert-OH is 1. The van der Waals surface area contributed by atoms with E-state index in [0.29, 0.717) is 42.5 Å². The third kappa shape index (κ3) is 4.37. The normalized spacial score (nSPS) is 21.6. The van der Waals surface area contributed by atoms with Gasteiger partial charge in [0.25, 0.3) is 11.7 Å². The number of halogens is 1. The number of carbonyl (C=O) groups excluding carboxylic acids is 2. The first kappa shape index (κ1) is 21.6. The fourth-order valence-corrected chi connectivity index (χ4v) is 4.31. The lowest BCUT2D eigenvalue weighted by molar-refractivity contribution is -0.140. The smallest absolute Gasteiger partial charge is 0.295 e. The van der Waals surface area contributed by atoms with E-state index in [0.717, 1.165) is 18.7 Å². The Morgan fingerprint density at radius 3 is 2.42 bits per heavy atom. The molecule has 2 fully saturated rings. The van der Waals surface area contributed by atoms with E-state index >= 15 is 0 Å². The van der Waals surface area contributed by atoms with Crippen LogP contribution in [0.4, 0.5) is 0 Å². The molecular formula is C24H25ClN2O4. The van der Waals surface area contributed by atoms with Gasteiger partial charge in [0.2, 0.25) is 0 Å². The molecule has 1 N–H and O–H groups in total. The molecule has 2 aliphatic rings. The quantitative estimate of drug-likeness (QED) is 0.438. The molecule has 0 spiro atoms. The molecule has 2 aromatic carbocycles. The summed E-state index contributed by atoms with van der Waals surface area (Å²) in [5.41, 5.74) is 2.22. The van der Waals surface area contributed by atoms with Crippen molar-refractivity contribution in [3.63, 3.8) is 0 Å². The summed E-state index contributed by atoms with van der Waals surface area (Å²) in [4.78, 5) is 29.8. The average molecular weight is 441 g/mol. The zero-order valence-corrected chi connectivity index (χ0v) is 18.1. The van der Waals surface area contributed by atoms with Crippen molar-refractivity contribution in [1.82, 2.24) is 9.80 Å². The monoisotopic (exact) mass is 440 g/mol. The molecule has 0 radical (unpaired) electrons. The Morgan fingerprint density at radius 2 is 1.74 bits per heavy atom. The zero-order chi connectivity index (χ0) is 22.0. The van der Waals surface area contributed by atoms with Crippen LogP contribution in [0.5, 0.6) is 0 Å². The van der Waals surface area contributed by atoms with E-state index in [1.165, 1.54) is 4.90 Å². The maximum atomic E-state index is 13.1. The predicted molar refractivity (Wildman–Crippen MR) is 119 cm³/mol. The number of rotatable bonds is 5. The van der Waals surface area contributed by atoms with Crippen molar-refractivity contribution in [2.45, 2.75) is 13.0 Å². The standard InChI is InChI=1S/C24H25ClN2O4/c1-16-6-8-17(9-7-16)22(28)20-21(18-4-2-3-5-19(18)25)27(24(30)23(20)29)11-10-26-12-14-31-15-13-26/h2-9,21,28H,10-15H2,1H3/b22-20+/t21-/m1/s1.